The van der Waals surface area contributed by atoms with Gasteiger partial charge in [-0.15, -0.1) is 0 Å². The van der Waals surface area contributed by atoms with Gasteiger partial charge in [-0.2, -0.15) is 13.2 Å². The highest BCUT2D eigenvalue weighted by Crippen LogP contribution is 2.29. The molecule has 0 radical (unpaired) electrons. The standard InChI is InChI=1S/C13H14F3N3O2/c1-8-11(12(21)18(2)5-6-20)19-7-9(13(14,15)16)3-4-10(19)17-8/h3-4,7,20H,5-6H2,1-2H3. The lowest BCUT2D eigenvalue weighted by Crippen LogP contribution is -2.31. The molecule has 2 rings (SSSR count). The van der Waals surface area contributed by atoms with Crippen LogP contribution in [0.25, 0.3) is 5.65 Å². The molecule has 2 aromatic rings. The maximum atomic E-state index is 12.8. The number of carbonyl (C=O) groups is 1. The summed E-state index contributed by atoms with van der Waals surface area (Å²) in [5, 5.41) is 8.85. The van der Waals surface area contributed by atoms with Crippen LogP contribution in [-0.2, 0) is 6.18 Å². The number of rotatable bonds is 3. The fourth-order valence-electron chi connectivity index (χ4n) is 2.02. The smallest absolute Gasteiger partial charge is 0.395 e. The lowest BCUT2D eigenvalue weighted by molar-refractivity contribution is -0.137. The van der Waals surface area contributed by atoms with E-state index in [1.807, 2.05) is 0 Å². The number of nitrogens with zero attached hydrogens (tertiary/aromatic N) is 3. The number of pyridine rings is 1. The Balaban J connectivity index is 2.57. The molecule has 0 spiro atoms. The van der Waals surface area contributed by atoms with Gasteiger partial charge in [-0.3, -0.25) is 9.20 Å². The van der Waals surface area contributed by atoms with Crippen LogP contribution in [0.15, 0.2) is 18.3 Å². The molecule has 8 heteroatoms. The number of hydrogen-bond acceptors (Lipinski definition) is 3. The van der Waals surface area contributed by atoms with E-state index in [2.05, 4.69) is 4.98 Å². The molecule has 0 saturated carbocycles. The Hall–Kier alpha value is -2.09. The number of aromatic nitrogens is 2. The Morgan fingerprint density at radius 3 is 2.67 bits per heavy atom. The minimum Gasteiger partial charge on any atom is -0.395 e. The molecule has 2 heterocycles. The number of aliphatic hydroxyl groups is 1. The van der Waals surface area contributed by atoms with E-state index in [1.165, 1.54) is 18.0 Å². The molecule has 5 nitrogen and oxygen atoms in total. The van der Waals surface area contributed by atoms with Gasteiger partial charge in [-0.1, -0.05) is 0 Å². The Kier molecular flexibility index (Phi) is 3.91. The quantitative estimate of drug-likeness (QED) is 0.939. The number of aryl methyl sites for hydroxylation is 1. The van der Waals surface area contributed by atoms with Crippen LogP contribution in [0.2, 0.25) is 0 Å². The van der Waals surface area contributed by atoms with Crippen LogP contribution in [0.5, 0.6) is 0 Å². The van der Waals surface area contributed by atoms with E-state index in [9.17, 15) is 18.0 Å². The molecule has 0 unspecified atom stereocenters. The second-order valence-electron chi connectivity index (χ2n) is 4.64. The van der Waals surface area contributed by atoms with Crippen molar-refractivity contribution < 1.29 is 23.1 Å². The number of alkyl halides is 3. The molecular formula is C13H14F3N3O2. The molecule has 0 fully saturated rings. The summed E-state index contributed by atoms with van der Waals surface area (Å²) in [4.78, 5) is 17.6. The first-order chi connectivity index (χ1) is 9.75. The van der Waals surface area contributed by atoms with Crippen molar-refractivity contribution in [3.05, 3.63) is 35.3 Å². The predicted molar refractivity (Wildman–Crippen MR) is 69.0 cm³/mol. The molecule has 1 N–H and O–H groups in total. The molecular weight excluding hydrogens is 287 g/mol. The van der Waals surface area contributed by atoms with Crippen molar-refractivity contribution in [2.45, 2.75) is 13.1 Å². The molecule has 0 aliphatic rings. The number of fused-ring (bicyclic) bond motifs is 1. The zero-order chi connectivity index (χ0) is 15.8. The van der Waals surface area contributed by atoms with Gasteiger partial charge in [0.2, 0.25) is 0 Å². The average Bonchev–Trinajstić information content (AvgIpc) is 2.72. The highest BCUT2D eigenvalue weighted by molar-refractivity contribution is 5.94. The summed E-state index contributed by atoms with van der Waals surface area (Å²) in [7, 11) is 1.46. The Labute approximate surface area is 118 Å². The number of likely N-dealkylation sites (N-methyl/N-ethyl adjacent to an activating group) is 1. The van der Waals surface area contributed by atoms with E-state index in [0.717, 1.165) is 16.7 Å². The molecule has 21 heavy (non-hydrogen) atoms. The van der Waals surface area contributed by atoms with Gasteiger partial charge in [-0.25, -0.2) is 4.98 Å². The topological polar surface area (TPSA) is 57.8 Å². The highest BCUT2D eigenvalue weighted by Gasteiger charge is 2.31. The third-order valence-electron chi connectivity index (χ3n) is 3.10. The normalized spacial score (nSPS) is 11.9. The molecule has 0 aliphatic heterocycles. The fourth-order valence-corrected chi connectivity index (χ4v) is 2.02. The fraction of sp³-hybridized carbons (Fsp3) is 0.385. The lowest BCUT2D eigenvalue weighted by Gasteiger charge is -2.16. The van der Waals surface area contributed by atoms with E-state index in [-0.39, 0.29) is 24.5 Å². The van der Waals surface area contributed by atoms with Crippen LogP contribution in [0, 0.1) is 6.92 Å². The van der Waals surface area contributed by atoms with Gasteiger partial charge in [0.25, 0.3) is 5.91 Å². The Bertz CT molecular complexity index is 679. The van der Waals surface area contributed by atoms with Gasteiger partial charge in [-0.05, 0) is 19.1 Å². The maximum Gasteiger partial charge on any atom is 0.417 e. The molecule has 0 bridgehead atoms. The number of hydrogen-bond donors (Lipinski definition) is 1. The number of amides is 1. The minimum atomic E-state index is -4.50. The third-order valence-corrected chi connectivity index (χ3v) is 3.10. The van der Waals surface area contributed by atoms with Gasteiger partial charge in [0, 0.05) is 19.8 Å². The molecule has 0 atom stereocenters. The first-order valence-corrected chi connectivity index (χ1v) is 6.18. The largest absolute Gasteiger partial charge is 0.417 e. The van der Waals surface area contributed by atoms with E-state index < -0.39 is 17.6 Å². The summed E-state index contributed by atoms with van der Waals surface area (Å²) in [6.45, 7) is 1.41. The summed E-state index contributed by atoms with van der Waals surface area (Å²) in [5.74, 6) is -0.492. The number of imidazole rings is 1. The highest BCUT2D eigenvalue weighted by atomic mass is 19.4. The summed E-state index contributed by atoms with van der Waals surface area (Å²) in [6.07, 6.45) is -3.64. The molecule has 0 aliphatic carbocycles. The average molecular weight is 301 g/mol. The second kappa shape index (κ2) is 5.36. The van der Waals surface area contributed by atoms with E-state index in [1.54, 1.807) is 6.92 Å². The van der Waals surface area contributed by atoms with Gasteiger partial charge in [0.05, 0.1) is 17.9 Å². The molecule has 1 amide bonds. The summed E-state index contributed by atoms with van der Waals surface area (Å²) >= 11 is 0. The number of carbonyl (C=O) groups excluding carboxylic acids is 1. The zero-order valence-corrected chi connectivity index (χ0v) is 11.5. The van der Waals surface area contributed by atoms with Gasteiger partial charge >= 0.3 is 6.18 Å². The van der Waals surface area contributed by atoms with E-state index in [0.29, 0.717) is 5.69 Å². The molecule has 2 aromatic heterocycles. The SMILES string of the molecule is Cc1nc2ccc(C(F)(F)F)cn2c1C(=O)N(C)CCO. The van der Waals surface area contributed by atoms with Gasteiger partial charge < -0.3 is 10.0 Å². The van der Waals surface area contributed by atoms with Crippen molar-refractivity contribution in [1.29, 1.82) is 0 Å². The first-order valence-electron chi connectivity index (χ1n) is 6.18. The van der Waals surface area contributed by atoms with Crippen LogP contribution < -0.4 is 0 Å². The van der Waals surface area contributed by atoms with Gasteiger partial charge in [0.15, 0.2) is 0 Å². The van der Waals surface area contributed by atoms with Gasteiger partial charge in [0.1, 0.15) is 11.3 Å². The van der Waals surface area contributed by atoms with Crippen molar-refractivity contribution in [1.82, 2.24) is 14.3 Å². The Morgan fingerprint density at radius 2 is 2.10 bits per heavy atom. The predicted octanol–water partition coefficient (Wildman–Crippen LogP) is 1.73. The van der Waals surface area contributed by atoms with E-state index >= 15 is 0 Å². The summed E-state index contributed by atoms with van der Waals surface area (Å²) < 4.78 is 39.5. The Morgan fingerprint density at radius 1 is 1.43 bits per heavy atom. The van der Waals surface area contributed by atoms with Crippen LogP contribution >= 0.6 is 0 Å². The van der Waals surface area contributed by atoms with E-state index in [4.69, 9.17) is 5.11 Å². The molecule has 0 saturated heterocycles. The monoisotopic (exact) mass is 301 g/mol. The van der Waals surface area contributed by atoms with Crippen LogP contribution in [-0.4, -0.2) is 45.5 Å². The maximum absolute atomic E-state index is 12.8. The number of halogens is 3. The second-order valence-corrected chi connectivity index (χ2v) is 4.64. The zero-order valence-electron chi connectivity index (χ0n) is 11.5. The van der Waals surface area contributed by atoms with Crippen molar-refractivity contribution in [2.24, 2.45) is 0 Å². The van der Waals surface area contributed by atoms with Crippen molar-refractivity contribution in [3.8, 4) is 0 Å². The first kappa shape index (κ1) is 15.3. The number of aliphatic hydroxyl groups excluding tert-OH is 1. The minimum absolute atomic E-state index is 0.0621. The van der Waals surface area contributed by atoms with Crippen LogP contribution in [0.4, 0.5) is 13.2 Å². The van der Waals surface area contributed by atoms with Crippen molar-refractivity contribution >= 4 is 11.6 Å². The summed E-state index contributed by atoms with van der Waals surface area (Å²) in [6, 6.07) is 2.14. The summed E-state index contributed by atoms with van der Waals surface area (Å²) in [5.41, 5.74) is -0.191. The lowest BCUT2D eigenvalue weighted by atomic mass is 10.2. The van der Waals surface area contributed by atoms with Crippen molar-refractivity contribution in [2.75, 3.05) is 20.2 Å². The van der Waals surface area contributed by atoms with Crippen LogP contribution in [0.3, 0.4) is 0 Å². The van der Waals surface area contributed by atoms with Crippen LogP contribution in [0.1, 0.15) is 21.7 Å². The third kappa shape index (κ3) is 2.85. The molecule has 114 valence electrons. The van der Waals surface area contributed by atoms with Crippen molar-refractivity contribution in [3.63, 3.8) is 0 Å². The molecule has 0 aromatic carbocycles.